The molecule has 1 N–H and O–H groups in total. The Bertz CT molecular complexity index is 749. The first-order valence-corrected chi connectivity index (χ1v) is 8.97. The van der Waals surface area contributed by atoms with Crippen molar-refractivity contribution in [2.75, 3.05) is 11.9 Å². The van der Waals surface area contributed by atoms with Crippen molar-refractivity contribution in [2.24, 2.45) is 0 Å². The molecule has 0 atom stereocenters. The normalized spacial score (nSPS) is 13.5. The third-order valence-electron chi connectivity index (χ3n) is 3.79. The fourth-order valence-corrected chi connectivity index (χ4v) is 4.29. The molecule has 0 fully saturated rings. The van der Waals surface area contributed by atoms with Gasteiger partial charge in [-0.05, 0) is 62.9 Å². The van der Waals surface area contributed by atoms with Gasteiger partial charge in [0, 0.05) is 11.1 Å². The van der Waals surface area contributed by atoms with E-state index in [4.69, 9.17) is 17.0 Å². The summed E-state index contributed by atoms with van der Waals surface area (Å²) in [6.45, 7) is 4.15. The van der Waals surface area contributed by atoms with E-state index in [0.29, 0.717) is 17.3 Å². The largest absolute Gasteiger partial charge is 0.462 e. The van der Waals surface area contributed by atoms with Crippen LogP contribution in [0.3, 0.4) is 0 Å². The van der Waals surface area contributed by atoms with E-state index in [1.54, 1.807) is 22.2 Å². The van der Waals surface area contributed by atoms with Crippen LogP contribution in [-0.4, -0.2) is 27.5 Å². The van der Waals surface area contributed by atoms with E-state index >= 15 is 0 Å². The molecular formula is C16H19N3O2S2. The Balaban J connectivity index is 1.93. The number of hydrogen-bond donors (Lipinski definition) is 1. The number of fused-ring (bicyclic) bond motifs is 1. The molecule has 0 amide bonds. The predicted molar refractivity (Wildman–Crippen MR) is 95.5 cm³/mol. The molecule has 23 heavy (non-hydrogen) atoms. The molecule has 7 heteroatoms. The predicted octanol–water partition coefficient (Wildman–Crippen LogP) is 3.55. The number of aryl methyl sites for hydroxylation is 2. The number of rotatable bonds is 3. The van der Waals surface area contributed by atoms with Crippen molar-refractivity contribution in [3.63, 3.8) is 0 Å². The topological polar surface area (TPSA) is 56.1 Å². The molecule has 5 nitrogen and oxygen atoms in total. The maximum atomic E-state index is 12.4. The van der Waals surface area contributed by atoms with Crippen molar-refractivity contribution in [2.45, 2.75) is 39.5 Å². The molecular weight excluding hydrogens is 330 g/mol. The van der Waals surface area contributed by atoms with Crippen LogP contribution in [0.1, 0.15) is 46.1 Å². The van der Waals surface area contributed by atoms with Crippen LogP contribution >= 0.6 is 23.6 Å². The molecule has 0 aromatic carbocycles. The van der Waals surface area contributed by atoms with Gasteiger partial charge in [0.1, 0.15) is 5.00 Å². The summed E-state index contributed by atoms with van der Waals surface area (Å²) in [6, 6.07) is 0. The van der Waals surface area contributed by atoms with E-state index in [1.165, 1.54) is 4.88 Å². The number of carbonyl (C=O) groups excluding carboxylic acids is 1. The lowest BCUT2D eigenvalue weighted by atomic mass is 9.95. The summed E-state index contributed by atoms with van der Waals surface area (Å²) >= 11 is 7.02. The molecule has 0 saturated carbocycles. The van der Waals surface area contributed by atoms with Gasteiger partial charge in [0.15, 0.2) is 5.11 Å². The zero-order valence-corrected chi connectivity index (χ0v) is 14.9. The third kappa shape index (κ3) is 3.30. The molecule has 0 radical (unpaired) electrons. The number of thiocarbonyl (C=S) groups is 1. The Hall–Kier alpha value is -1.73. The minimum absolute atomic E-state index is 0.270. The molecule has 0 aliphatic heterocycles. The zero-order valence-electron chi connectivity index (χ0n) is 13.2. The lowest BCUT2D eigenvalue weighted by Gasteiger charge is -2.12. The third-order valence-corrected chi connectivity index (χ3v) is 5.29. The standard InChI is InChI=1S/C16H19N3O2S2/c1-3-21-15(20)13-11-6-4-5-7-12(11)23-14(13)18-16(22)19-9-10(2)8-17-19/h8-9H,3-7H2,1-2H3,(H,18,22). The molecule has 2 aromatic heterocycles. The first kappa shape index (κ1) is 16.1. The Labute approximate surface area is 144 Å². The highest BCUT2D eigenvalue weighted by Crippen LogP contribution is 2.38. The van der Waals surface area contributed by atoms with Crippen LogP contribution in [0.2, 0.25) is 0 Å². The van der Waals surface area contributed by atoms with Gasteiger partial charge in [-0.1, -0.05) is 0 Å². The number of nitrogens with zero attached hydrogens (tertiary/aromatic N) is 2. The summed E-state index contributed by atoms with van der Waals surface area (Å²) in [7, 11) is 0. The number of anilines is 1. The molecule has 1 aliphatic rings. The summed E-state index contributed by atoms with van der Waals surface area (Å²) in [5.74, 6) is -0.270. The first-order valence-electron chi connectivity index (χ1n) is 7.74. The fourth-order valence-electron chi connectivity index (χ4n) is 2.75. The Kier molecular flexibility index (Phi) is 4.77. The Morgan fingerprint density at radius 1 is 1.48 bits per heavy atom. The number of ether oxygens (including phenoxy) is 1. The van der Waals surface area contributed by atoms with Crippen LogP contribution in [0.25, 0.3) is 0 Å². The molecule has 2 aromatic rings. The van der Waals surface area contributed by atoms with Crippen molar-refractivity contribution in [3.05, 3.63) is 34.0 Å². The van der Waals surface area contributed by atoms with E-state index in [-0.39, 0.29) is 5.97 Å². The van der Waals surface area contributed by atoms with E-state index in [0.717, 1.165) is 41.8 Å². The van der Waals surface area contributed by atoms with Gasteiger partial charge in [0.05, 0.1) is 18.4 Å². The molecule has 3 rings (SSSR count). The number of aromatic nitrogens is 2. The highest BCUT2D eigenvalue weighted by Gasteiger charge is 2.26. The molecule has 1 aliphatic carbocycles. The average Bonchev–Trinajstić information content (AvgIpc) is 3.10. The Morgan fingerprint density at radius 3 is 2.96 bits per heavy atom. The van der Waals surface area contributed by atoms with E-state index < -0.39 is 0 Å². The molecule has 0 spiro atoms. The summed E-state index contributed by atoms with van der Waals surface area (Å²) in [5, 5.41) is 8.62. The van der Waals surface area contributed by atoms with Crippen LogP contribution in [0.5, 0.6) is 0 Å². The van der Waals surface area contributed by atoms with Gasteiger partial charge in [-0.15, -0.1) is 11.3 Å². The summed E-state index contributed by atoms with van der Waals surface area (Å²) < 4.78 is 6.86. The minimum Gasteiger partial charge on any atom is -0.462 e. The van der Waals surface area contributed by atoms with Gasteiger partial charge in [0.2, 0.25) is 0 Å². The Morgan fingerprint density at radius 2 is 2.26 bits per heavy atom. The van der Waals surface area contributed by atoms with Gasteiger partial charge in [-0.2, -0.15) is 5.10 Å². The van der Waals surface area contributed by atoms with E-state index in [1.807, 2.05) is 20.0 Å². The van der Waals surface area contributed by atoms with Gasteiger partial charge in [0.25, 0.3) is 0 Å². The van der Waals surface area contributed by atoms with Crippen LogP contribution in [0.4, 0.5) is 5.00 Å². The van der Waals surface area contributed by atoms with Crippen molar-refractivity contribution < 1.29 is 9.53 Å². The first-order chi connectivity index (χ1) is 11.1. The monoisotopic (exact) mass is 349 g/mol. The number of esters is 1. The maximum Gasteiger partial charge on any atom is 0.341 e. The second-order valence-corrected chi connectivity index (χ2v) is 7.02. The van der Waals surface area contributed by atoms with Crippen molar-refractivity contribution in [1.29, 1.82) is 0 Å². The van der Waals surface area contributed by atoms with Crippen molar-refractivity contribution >= 4 is 39.6 Å². The SMILES string of the molecule is CCOC(=O)c1c(NC(=S)n2cc(C)cn2)sc2c1CCCC2. The molecule has 0 bridgehead atoms. The van der Waals surface area contributed by atoms with E-state index in [2.05, 4.69) is 10.4 Å². The summed E-state index contributed by atoms with van der Waals surface area (Å²) in [4.78, 5) is 13.7. The van der Waals surface area contributed by atoms with Crippen LogP contribution in [0, 0.1) is 6.92 Å². The minimum atomic E-state index is -0.270. The number of thiophene rings is 1. The average molecular weight is 349 g/mol. The molecule has 0 unspecified atom stereocenters. The molecule has 122 valence electrons. The smallest absolute Gasteiger partial charge is 0.341 e. The van der Waals surface area contributed by atoms with Gasteiger partial charge >= 0.3 is 5.97 Å². The molecule has 2 heterocycles. The van der Waals surface area contributed by atoms with Crippen molar-refractivity contribution in [1.82, 2.24) is 9.78 Å². The fraction of sp³-hybridized carbons (Fsp3) is 0.438. The number of nitrogens with one attached hydrogen (secondary N) is 1. The van der Waals surface area contributed by atoms with Crippen LogP contribution in [0.15, 0.2) is 12.4 Å². The number of hydrogen-bond acceptors (Lipinski definition) is 5. The quantitative estimate of drug-likeness (QED) is 0.678. The van der Waals surface area contributed by atoms with Crippen LogP contribution in [-0.2, 0) is 17.6 Å². The lowest BCUT2D eigenvalue weighted by Crippen LogP contribution is -2.20. The summed E-state index contributed by atoms with van der Waals surface area (Å²) in [6.07, 6.45) is 7.82. The maximum absolute atomic E-state index is 12.4. The van der Waals surface area contributed by atoms with Crippen LogP contribution < -0.4 is 5.32 Å². The second-order valence-electron chi connectivity index (χ2n) is 5.53. The number of carbonyl (C=O) groups is 1. The van der Waals surface area contributed by atoms with Gasteiger partial charge < -0.3 is 10.1 Å². The van der Waals surface area contributed by atoms with Crippen molar-refractivity contribution in [3.8, 4) is 0 Å². The zero-order chi connectivity index (χ0) is 16.4. The van der Waals surface area contributed by atoms with Gasteiger partial charge in [-0.25, -0.2) is 9.48 Å². The highest BCUT2D eigenvalue weighted by atomic mass is 32.1. The summed E-state index contributed by atoms with van der Waals surface area (Å²) in [5.41, 5.74) is 2.81. The van der Waals surface area contributed by atoms with E-state index in [9.17, 15) is 4.79 Å². The molecule has 0 saturated heterocycles. The van der Waals surface area contributed by atoms with Gasteiger partial charge in [-0.3, -0.25) is 0 Å². The lowest BCUT2D eigenvalue weighted by molar-refractivity contribution is 0.0526. The second kappa shape index (κ2) is 6.80. The highest BCUT2D eigenvalue weighted by molar-refractivity contribution is 7.80.